The van der Waals surface area contributed by atoms with Crippen molar-refractivity contribution in [2.45, 2.75) is 26.8 Å². The number of aryl methyl sites for hydroxylation is 2. The van der Waals surface area contributed by atoms with Crippen LogP contribution in [0, 0.1) is 19.8 Å². The highest BCUT2D eigenvalue weighted by atomic mass is 16.3. The summed E-state index contributed by atoms with van der Waals surface area (Å²) in [7, 11) is 2.14. The molecule has 0 saturated carbocycles. The topological polar surface area (TPSA) is 26.7 Å². The highest BCUT2D eigenvalue weighted by Crippen LogP contribution is 2.26. The summed E-state index contributed by atoms with van der Waals surface area (Å²) in [5.41, 5.74) is 3.85. The minimum absolute atomic E-state index is 0.190. The smallest absolute Gasteiger partial charge is 0.0648 e. The van der Waals surface area contributed by atoms with Crippen molar-refractivity contribution in [2.24, 2.45) is 5.92 Å². The van der Waals surface area contributed by atoms with Gasteiger partial charge >= 0.3 is 0 Å². The molecule has 1 aliphatic rings. The molecule has 1 fully saturated rings. The molecule has 3 heteroatoms. The number of hydrogen-bond acceptors (Lipinski definition) is 3. The third kappa shape index (κ3) is 3.28. The monoisotopic (exact) mass is 262 g/mol. The van der Waals surface area contributed by atoms with Gasteiger partial charge in [-0.05, 0) is 44.0 Å². The first-order chi connectivity index (χ1) is 9.01. The zero-order valence-electron chi connectivity index (χ0n) is 12.6. The maximum atomic E-state index is 9.74. The summed E-state index contributed by atoms with van der Waals surface area (Å²) in [6, 6.07) is 6.77. The summed E-state index contributed by atoms with van der Waals surface area (Å²) in [4.78, 5) is 4.73. The Hall–Kier alpha value is -1.06. The van der Waals surface area contributed by atoms with Crippen LogP contribution in [0.1, 0.15) is 18.1 Å². The van der Waals surface area contributed by atoms with Crippen LogP contribution in [0.25, 0.3) is 0 Å². The van der Waals surface area contributed by atoms with Crippen LogP contribution in [0.2, 0.25) is 0 Å². The third-order valence-corrected chi connectivity index (χ3v) is 3.98. The predicted molar refractivity (Wildman–Crippen MR) is 80.8 cm³/mol. The molecular formula is C16H26N2O. The van der Waals surface area contributed by atoms with Crippen molar-refractivity contribution < 1.29 is 5.11 Å². The van der Waals surface area contributed by atoms with Gasteiger partial charge in [-0.2, -0.15) is 0 Å². The zero-order valence-corrected chi connectivity index (χ0v) is 12.6. The number of anilines is 1. The summed E-state index contributed by atoms with van der Waals surface area (Å²) >= 11 is 0. The quantitative estimate of drug-likeness (QED) is 0.883. The Morgan fingerprint density at radius 2 is 1.95 bits per heavy atom. The van der Waals surface area contributed by atoms with E-state index in [0.29, 0.717) is 5.92 Å². The largest absolute Gasteiger partial charge is 0.394 e. The van der Waals surface area contributed by atoms with Gasteiger partial charge in [0.1, 0.15) is 0 Å². The molecule has 1 N–H and O–H groups in total. The number of nitrogens with zero attached hydrogens (tertiary/aromatic N) is 2. The van der Waals surface area contributed by atoms with Crippen molar-refractivity contribution in [1.29, 1.82) is 0 Å². The van der Waals surface area contributed by atoms with Gasteiger partial charge in [0.25, 0.3) is 0 Å². The third-order valence-electron chi connectivity index (χ3n) is 3.98. The Labute approximate surface area is 116 Å². The van der Waals surface area contributed by atoms with Crippen molar-refractivity contribution >= 4 is 5.69 Å². The Morgan fingerprint density at radius 3 is 2.63 bits per heavy atom. The molecule has 19 heavy (non-hydrogen) atoms. The van der Waals surface area contributed by atoms with Crippen molar-refractivity contribution in [1.82, 2.24) is 4.90 Å². The molecule has 0 bridgehead atoms. The number of aliphatic hydroxyl groups excluding tert-OH is 1. The molecule has 1 saturated heterocycles. The molecule has 106 valence electrons. The second-order valence-electron chi connectivity index (χ2n) is 6.11. The first kappa shape index (κ1) is 14.4. The van der Waals surface area contributed by atoms with Crippen LogP contribution in [0.3, 0.4) is 0 Å². The lowest BCUT2D eigenvalue weighted by Crippen LogP contribution is -2.43. The molecule has 1 aromatic carbocycles. The van der Waals surface area contributed by atoms with E-state index < -0.39 is 0 Å². The van der Waals surface area contributed by atoms with Crippen LogP contribution < -0.4 is 4.90 Å². The average Bonchev–Trinajstić information content (AvgIpc) is 2.50. The van der Waals surface area contributed by atoms with Gasteiger partial charge in [-0.15, -0.1) is 0 Å². The normalized spacial score (nSPS) is 25.4. The highest BCUT2D eigenvalue weighted by Gasteiger charge is 2.27. The minimum Gasteiger partial charge on any atom is -0.394 e. The first-order valence-electron chi connectivity index (χ1n) is 7.14. The lowest BCUT2D eigenvalue weighted by Gasteiger charge is -2.33. The Balaban J connectivity index is 2.35. The van der Waals surface area contributed by atoms with Crippen molar-refractivity contribution in [3.8, 4) is 0 Å². The summed E-state index contributed by atoms with van der Waals surface area (Å²) in [6.07, 6.45) is 0. The molecule has 2 atom stereocenters. The number of hydrogen-bond donors (Lipinski definition) is 1. The van der Waals surface area contributed by atoms with Crippen molar-refractivity contribution in [3.05, 3.63) is 29.3 Å². The average molecular weight is 262 g/mol. The van der Waals surface area contributed by atoms with E-state index >= 15 is 0 Å². The fraction of sp³-hybridized carbons (Fsp3) is 0.625. The molecule has 3 nitrogen and oxygen atoms in total. The number of benzene rings is 1. The van der Waals surface area contributed by atoms with Crippen LogP contribution in [0.5, 0.6) is 0 Å². The second kappa shape index (κ2) is 5.93. The molecule has 2 unspecified atom stereocenters. The van der Waals surface area contributed by atoms with Gasteiger partial charge in [-0.25, -0.2) is 0 Å². The Bertz CT molecular complexity index is 433. The molecule has 1 aliphatic heterocycles. The van der Waals surface area contributed by atoms with Gasteiger partial charge in [-0.3, -0.25) is 0 Å². The molecule has 0 spiro atoms. The van der Waals surface area contributed by atoms with Crippen molar-refractivity contribution in [2.75, 3.05) is 38.2 Å². The molecule has 0 aliphatic carbocycles. The number of rotatable bonds is 2. The van der Waals surface area contributed by atoms with Gasteiger partial charge in [0.2, 0.25) is 0 Å². The van der Waals surface area contributed by atoms with Gasteiger partial charge in [-0.1, -0.05) is 19.1 Å². The fourth-order valence-electron chi connectivity index (χ4n) is 3.09. The molecule has 2 rings (SSSR count). The lowest BCUT2D eigenvalue weighted by molar-refractivity contribution is 0.226. The lowest BCUT2D eigenvalue weighted by atomic mass is 10.1. The van der Waals surface area contributed by atoms with Crippen LogP contribution in [-0.4, -0.2) is 49.3 Å². The molecule has 0 amide bonds. The summed E-state index contributed by atoms with van der Waals surface area (Å²) in [6.45, 7) is 9.82. The van der Waals surface area contributed by atoms with E-state index in [0.717, 1.165) is 19.6 Å². The van der Waals surface area contributed by atoms with Gasteiger partial charge in [0.05, 0.1) is 12.6 Å². The van der Waals surface area contributed by atoms with Crippen LogP contribution >= 0.6 is 0 Å². The van der Waals surface area contributed by atoms with E-state index in [2.05, 4.69) is 55.8 Å². The zero-order chi connectivity index (χ0) is 14.0. The number of likely N-dealkylation sites (N-methyl/N-ethyl adjacent to an activating group) is 1. The van der Waals surface area contributed by atoms with Gasteiger partial charge in [0, 0.05) is 25.3 Å². The SMILES string of the molecule is Cc1ccc(C)c(N2CC(C)CN(C)CC2CO)c1. The van der Waals surface area contributed by atoms with Crippen molar-refractivity contribution in [3.63, 3.8) is 0 Å². The van der Waals surface area contributed by atoms with Gasteiger partial charge < -0.3 is 14.9 Å². The molecule has 0 aromatic heterocycles. The number of aliphatic hydroxyl groups is 1. The highest BCUT2D eigenvalue weighted by molar-refractivity contribution is 5.56. The summed E-state index contributed by atoms with van der Waals surface area (Å²) < 4.78 is 0. The molecule has 1 heterocycles. The Kier molecular flexibility index (Phi) is 4.48. The standard InChI is InChI=1S/C16H26N2O/c1-12-5-6-14(3)16(7-12)18-9-13(2)8-17(4)10-15(18)11-19/h5-7,13,15,19H,8-11H2,1-4H3. The first-order valence-corrected chi connectivity index (χ1v) is 7.14. The molecule has 0 radical (unpaired) electrons. The second-order valence-corrected chi connectivity index (χ2v) is 6.11. The summed E-state index contributed by atoms with van der Waals surface area (Å²) in [5, 5.41) is 9.74. The van der Waals surface area contributed by atoms with E-state index in [1.165, 1.54) is 16.8 Å². The van der Waals surface area contributed by atoms with E-state index in [9.17, 15) is 5.11 Å². The summed E-state index contributed by atoms with van der Waals surface area (Å²) in [5.74, 6) is 0.612. The van der Waals surface area contributed by atoms with E-state index in [1.54, 1.807) is 0 Å². The minimum atomic E-state index is 0.190. The van der Waals surface area contributed by atoms with E-state index in [1.807, 2.05) is 0 Å². The van der Waals surface area contributed by atoms with Crippen LogP contribution in [0.4, 0.5) is 5.69 Å². The molecular weight excluding hydrogens is 236 g/mol. The predicted octanol–water partition coefficient (Wildman–Crippen LogP) is 2.05. The maximum absolute atomic E-state index is 9.74. The van der Waals surface area contributed by atoms with E-state index in [-0.39, 0.29) is 12.6 Å². The maximum Gasteiger partial charge on any atom is 0.0648 e. The fourth-order valence-corrected chi connectivity index (χ4v) is 3.09. The van der Waals surface area contributed by atoms with Gasteiger partial charge in [0.15, 0.2) is 0 Å². The molecule has 1 aromatic rings. The van der Waals surface area contributed by atoms with Crippen LogP contribution in [0.15, 0.2) is 18.2 Å². The Morgan fingerprint density at radius 1 is 1.21 bits per heavy atom. The van der Waals surface area contributed by atoms with E-state index in [4.69, 9.17) is 0 Å². The van der Waals surface area contributed by atoms with Crippen LogP contribution in [-0.2, 0) is 0 Å².